The number of carbonyl (C=O) groups is 1. The summed E-state index contributed by atoms with van der Waals surface area (Å²) in [6.45, 7) is 3.22. The minimum absolute atomic E-state index is 0.0734. The van der Waals surface area contributed by atoms with E-state index in [1.807, 2.05) is 32.2 Å². The smallest absolute Gasteiger partial charge is 0.243 e. The lowest BCUT2D eigenvalue weighted by Gasteiger charge is -2.32. The Hall–Kier alpha value is -2.97. The first-order valence-corrected chi connectivity index (χ1v) is 9.95. The number of nitrogens with one attached hydrogen (secondary N) is 1. The van der Waals surface area contributed by atoms with Crippen molar-refractivity contribution in [2.24, 2.45) is 5.73 Å². The van der Waals surface area contributed by atoms with Crippen molar-refractivity contribution in [3.8, 4) is 17.0 Å². The van der Waals surface area contributed by atoms with E-state index in [4.69, 9.17) is 10.5 Å². The molecule has 3 rings (SSSR count). The van der Waals surface area contributed by atoms with Gasteiger partial charge in [0.1, 0.15) is 5.75 Å². The Morgan fingerprint density at radius 1 is 1.37 bits per heavy atom. The fraction of sp³-hybridized carbons (Fsp3) is 0.409. The zero-order chi connectivity index (χ0) is 21.7. The number of ether oxygens (including phenoxy) is 1. The van der Waals surface area contributed by atoms with E-state index in [1.54, 1.807) is 25.3 Å². The van der Waals surface area contributed by atoms with Crippen LogP contribution in [0.25, 0.3) is 17.3 Å². The van der Waals surface area contributed by atoms with Crippen LogP contribution >= 0.6 is 0 Å². The molecular formula is C22H29N5O3. The fourth-order valence-corrected chi connectivity index (χ4v) is 3.52. The summed E-state index contributed by atoms with van der Waals surface area (Å²) < 4.78 is 5.62. The van der Waals surface area contributed by atoms with Crippen molar-refractivity contribution in [3.05, 3.63) is 42.0 Å². The number of phenols is 1. The molecule has 0 aliphatic carbocycles. The molecule has 1 aromatic heterocycles. The minimum Gasteiger partial charge on any atom is -0.507 e. The van der Waals surface area contributed by atoms with E-state index in [-0.39, 0.29) is 23.2 Å². The first kappa shape index (κ1) is 21.7. The second kappa shape index (κ2) is 9.23. The van der Waals surface area contributed by atoms with Crippen LogP contribution in [-0.2, 0) is 9.53 Å². The summed E-state index contributed by atoms with van der Waals surface area (Å²) >= 11 is 0. The van der Waals surface area contributed by atoms with Gasteiger partial charge in [0.15, 0.2) is 5.82 Å². The Morgan fingerprint density at radius 3 is 2.83 bits per heavy atom. The molecule has 0 radical (unpaired) electrons. The molecule has 30 heavy (non-hydrogen) atoms. The summed E-state index contributed by atoms with van der Waals surface area (Å²) in [4.78, 5) is 13.4. The van der Waals surface area contributed by atoms with Crippen LogP contribution in [0.1, 0.15) is 25.3 Å². The number of amides is 1. The third kappa shape index (κ3) is 5.34. The molecule has 1 aromatic carbocycles. The molecule has 1 aliphatic rings. The molecule has 160 valence electrons. The molecule has 1 saturated heterocycles. The number of aromatic hydroxyl groups is 1. The number of hydrogen-bond acceptors (Lipinski definition) is 7. The summed E-state index contributed by atoms with van der Waals surface area (Å²) in [7, 11) is 3.55. The number of nitrogens with zero attached hydrogens (tertiary/aromatic N) is 3. The van der Waals surface area contributed by atoms with Crippen molar-refractivity contribution in [3.63, 3.8) is 0 Å². The zero-order valence-electron chi connectivity index (χ0n) is 17.6. The predicted octanol–water partition coefficient (Wildman–Crippen LogP) is 1.94. The van der Waals surface area contributed by atoms with Gasteiger partial charge < -0.3 is 25.8 Å². The summed E-state index contributed by atoms with van der Waals surface area (Å²) in [5.74, 6) is 0.606. The van der Waals surface area contributed by atoms with Crippen LogP contribution < -0.4 is 16.0 Å². The lowest BCUT2D eigenvalue weighted by atomic mass is 9.94. The van der Waals surface area contributed by atoms with Gasteiger partial charge in [0.05, 0.1) is 12.3 Å². The van der Waals surface area contributed by atoms with Gasteiger partial charge in [-0.25, -0.2) is 0 Å². The number of hydrogen-bond donors (Lipinski definition) is 3. The van der Waals surface area contributed by atoms with E-state index in [0.29, 0.717) is 30.0 Å². The summed E-state index contributed by atoms with van der Waals surface area (Å²) in [6, 6.07) is 9.09. The maximum Gasteiger partial charge on any atom is 0.243 e. The summed E-state index contributed by atoms with van der Waals surface area (Å²) in [5, 5.41) is 21.6. The monoisotopic (exact) mass is 411 g/mol. The van der Waals surface area contributed by atoms with Crippen molar-refractivity contribution in [1.29, 1.82) is 0 Å². The van der Waals surface area contributed by atoms with Crippen LogP contribution in [0.4, 0.5) is 5.82 Å². The second-order valence-corrected chi connectivity index (χ2v) is 7.97. The van der Waals surface area contributed by atoms with E-state index < -0.39 is 0 Å². The number of phenolic OH excluding ortho intramolecular Hbond substituents is 1. The number of rotatable bonds is 5. The molecule has 4 N–H and O–H groups in total. The van der Waals surface area contributed by atoms with Gasteiger partial charge in [-0.05, 0) is 55.7 Å². The topological polar surface area (TPSA) is 114 Å². The number of benzene rings is 1. The molecule has 2 atom stereocenters. The lowest BCUT2D eigenvalue weighted by molar-refractivity contribution is -0.115. The van der Waals surface area contributed by atoms with Gasteiger partial charge in [-0.3, -0.25) is 4.79 Å². The first-order valence-electron chi connectivity index (χ1n) is 9.95. The van der Waals surface area contributed by atoms with Gasteiger partial charge in [-0.15, -0.1) is 10.2 Å². The standard InChI is InChI=1S/C22H29N5O3/c1-22(23)13-16(10-11-30-14-22)27(3)20-8-7-18(25-26-20)17-6-4-15(12-19(17)28)5-9-21(29)24-2/h4-9,12,16,28H,10-11,13-14,23H2,1-3H3,(H,24,29)/b9-5+/t16-,22-/m0/s1. The third-order valence-corrected chi connectivity index (χ3v) is 5.26. The molecule has 1 amide bonds. The van der Waals surface area contributed by atoms with Crippen molar-refractivity contribution in [1.82, 2.24) is 15.5 Å². The highest BCUT2D eigenvalue weighted by Crippen LogP contribution is 2.30. The van der Waals surface area contributed by atoms with E-state index in [9.17, 15) is 9.90 Å². The van der Waals surface area contributed by atoms with Crippen LogP contribution in [0.3, 0.4) is 0 Å². The van der Waals surface area contributed by atoms with Crippen LogP contribution in [0.5, 0.6) is 5.75 Å². The van der Waals surface area contributed by atoms with Crippen LogP contribution in [0.15, 0.2) is 36.4 Å². The van der Waals surface area contributed by atoms with E-state index in [0.717, 1.165) is 18.7 Å². The Kier molecular flexibility index (Phi) is 6.69. The molecule has 2 heterocycles. The summed E-state index contributed by atoms with van der Waals surface area (Å²) in [5.41, 5.74) is 7.80. The number of carbonyl (C=O) groups excluding carboxylic acids is 1. The fourth-order valence-electron chi connectivity index (χ4n) is 3.52. The van der Waals surface area contributed by atoms with Gasteiger partial charge in [0.2, 0.25) is 5.91 Å². The first-order chi connectivity index (χ1) is 14.3. The highest BCUT2D eigenvalue weighted by Gasteiger charge is 2.30. The SMILES string of the molecule is CNC(=O)/C=C/c1ccc(-c2ccc(N(C)[C@H]3CCOC[C@@](C)(N)C3)nn2)c(O)c1. The Labute approximate surface area is 176 Å². The molecule has 2 aromatic rings. The average Bonchev–Trinajstić information content (AvgIpc) is 2.92. The number of likely N-dealkylation sites (N-methyl/N-ethyl adjacent to an activating group) is 1. The van der Waals surface area contributed by atoms with Gasteiger partial charge in [-0.2, -0.15) is 0 Å². The van der Waals surface area contributed by atoms with Gasteiger partial charge in [0, 0.05) is 43.9 Å². The van der Waals surface area contributed by atoms with Crippen LogP contribution in [0.2, 0.25) is 0 Å². The lowest BCUT2D eigenvalue weighted by Crippen LogP contribution is -2.46. The highest BCUT2D eigenvalue weighted by molar-refractivity contribution is 5.91. The van der Waals surface area contributed by atoms with Crippen molar-refractivity contribution in [2.45, 2.75) is 31.3 Å². The summed E-state index contributed by atoms with van der Waals surface area (Å²) in [6.07, 6.45) is 4.72. The molecule has 1 aliphatic heterocycles. The highest BCUT2D eigenvalue weighted by atomic mass is 16.5. The molecule has 8 heteroatoms. The number of nitrogens with two attached hydrogens (primary N) is 1. The Balaban J connectivity index is 1.75. The normalized spacial score (nSPS) is 21.9. The molecular weight excluding hydrogens is 382 g/mol. The van der Waals surface area contributed by atoms with Crippen LogP contribution in [0, 0.1) is 0 Å². The van der Waals surface area contributed by atoms with Crippen LogP contribution in [-0.4, -0.2) is 60.1 Å². The second-order valence-electron chi connectivity index (χ2n) is 7.97. The number of anilines is 1. The molecule has 8 nitrogen and oxygen atoms in total. The van der Waals surface area contributed by atoms with Crippen molar-refractivity contribution in [2.75, 3.05) is 32.2 Å². The van der Waals surface area contributed by atoms with E-state index in [1.165, 1.54) is 6.08 Å². The van der Waals surface area contributed by atoms with Gasteiger partial charge in [0.25, 0.3) is 0 Å². The molecule has 0 unspecified atom stereocenters. The Morgan fingerprint density at radius 2 is 2.17 bits per heavy atom. The third-order valence-electron chi connectivity index (χ3n) is 5.26. The van der Waals surface area contributed by atoms with Gasteiger partial charge >= 0.3 is 0 Å². The number of aromatic nitrogens is 2. The quantitative estimate of drug-likeness (QED) is 0.644. The van der Waals surface area contributed by atoms with Crippen molar-refractivity contribution < 1.29 is 14.6 Å². The molecule has 0 spiro atoms. The van der Waals surface area contributed by atoms with E-state index in [2.05, 4.69) is 20.4 Å². The molecule has 1 fully saturated rings. The minimum atomic E-state index is -0.372. The maximum atomic E-state index is 11.3. The average molecular weight is 412 g/mol. The molecule has 0 bridgehead atoms. The molecule has 0 saturated carbocycles. The van der Waals surface area contributed by atoms with Gasteiger partial charge in [-0.1, -0.05) is 6.07 Å². The Bertz CT molecular complexity index is 911. The predicted molar refractivity (Wildman–Crippen MR) is 117 cm³/mol. The maximum absolute atomic E-state index is 11.3. The van der Waals surface area contributed by atoms with Crippen molar-refractivity contribution >= 4 is 17.8 Å². The largest absolute Gasteiger partial charge is 0.507 e. The van der Waals surface area contributed by atoms with E-state index >= 15 is 0 Å². The zero-order valence-corrected chi connectivity index (χ0v) is 17.6.